The Bertz CT molecular complexity index is 973. The fourth-order valence-electron chi connectivity index (χ4n) is 3.93. The van der Waals surface area contributed by atoms with Crippen LogP contribution in [0.1, 0.15) is 53.6 Å². The molecule has 156 valence electrons. The molecule has 6 nitrogen and oxygen atoms in total. The molecule has 1 amide bonds. The molecule has 2 aromatic carbocycles. The minimum atomic E-state index is -3.87. The van der Waals surface area contributed by atoms with Gasteiger partial charge >= 0.3 is 0 Å². The number of anilines is 1. The van der Waals surface area contributed by atoms with Crippen molar-refractivity contribution in [1.82, 2.24) is 5.32 Å². The van der Waals surface area contributed by atoms with Crippen LogP contribution in [-0.2, 0) is 10.0 Å². The molecule has 0 unspecified atom stereocenters. The highest BCUT2D eigenvalue weighted by molar-refractivity contribution is 7.92. The molecule has 0 radical (unpaired) electrons. The summed E-state index contributed by atoms with van der Waals surface area (Å²) in [6, 6.07) is 10.2. The van der Waals surface area contributed by atoms with Gasteiger partial charge in [0.25, 0.3) is 15.9 Å². The van der Waals surface area contributed by atoms with Crippen molar-refractivity contribution >= 4 is 21.6 Å². The number of nitrogens with one attached hydrogen (secondary N) is 2. The standard InChI is InChI=1S/C22H28N2O4S/c1-15-13-18(28-3)14-16(2)21(15)29(26,27)24-20-12-8-7-11-19(20)22(25)23-17-9-5-4-6-10-17/h7-8,11-14,17,24H,4-6,9-10H2,1-3H3,(H,23,25). The van der Waals surface area contributed by atoms with Crippen LogP contribution in [0.2, 0.25) is 0 Å². The van der Waals surface area contributed by atoms with Gasteiger partial charge in [0.15, 0.2) is 0 Å². The van der Waals surface area contributed by atoms with Crippen molar-refractivity contribution in [3.63, 3.8) is 0 Å². The first-order valence-corrected chi connectivity index (χ1v) is 11.4. The molecular formula is C22H28N2O4S. The van der Waals surface area contributed by atoms with Gasteiger partial charge < -0.3 is 10.1 Å². The van der Waals surface area contributed by atoms with Gasteiger partial charge in [-0.1, -0.05) is 31.4 Å². The maximum atomic E-state index is 13.1. The van der Waals surface area contributed by atoms with Gasteiger partial charge in [-0.25, -0.2) is 8.42 Å². The first kappa shape index (κ1) is 21.2. The number of rotatable bonds is 6. The SMILES string of the molecule is COc1cc(C)c(S(=O)(=O)Nc2ccccc2C(=O)NC2CCCCC2)c(C)c1. The summed E-state index contributed by atoms with van der Waals surface area (Å²) in [4.78, 5) is 13.0. The summed E-state index contributed by atoms with van der Waals surface area (Å²) in [6.45, 7) is 3.46. The van der Waals surface area contributed by atoms with Gasteiger partial charge in [0.2, 0.25) is 0 Å². The maximum Gasteiger partial charge on any atom is 0.262 e. The molecule has 29 heavy (non-hydrogen) atoms. The third-order valence-electron chi connectivity index (χ3n) is 5.29. The predicted molar refractivity (Wildman–Crippen MR) is 114 cm³/mol. The molecular weight excluding hydrogens is 388 g/mol. The van der Waals surface area contributed by atoms with E-state index in [1.165, 1.54) is 6.42 Å². The van der Waals surface area contributed by atoms with E-state index in [9.17, 15) is 13.2 Å². The molecule has 0 bridgehead atoms. The quantitative estimate of drug-likeness (QED) is 0.740. The van der Waals surface area contributed by atoms with Gasteiger partial charge in [-0.2, -0.15) is 0 Å². The van der Waals surface area contributed by atoms with Gasteiger partial charge in [-0.05, 0) is 62.1 Å². The molecule has 1 fully saturated rings. The molecule has 0 atom stereocenters. The van der Waals surface area contributed by atoms with Gasteiger partial charge in [0.05, 0.1) is 23.3 Å². The fourth-order valence-corrected chi connectivity index (χ4v) is 5.46. The first-order chi connectivity index (χ1) is 13.8. The van der Waals surface area contributed by atoms with Crippen molar-refractivity contribution < 1.29 is 17.9 Å². The smallest absolute Gasteiger partial charge is 0.262 e. The zero-order valence-electron chi connectivity index (χ0n) is 17.1. The normalized spacial score (nSPS) is 15.0. The van der Waals surface area contributed by atoms with Gasteiger partial charge in [-0.3, -0.25) is 9.52 Å². The van der Waals surface area contributed by atoms with Crippen LogP contribution in [0.3, 0.4) is 0 Å². The highest BCUT2D eigenvalue weighted by Gasteiger charge is 2.24. The number of benzene rings is 2. The molecule has 2 aromatic rings. The van der Waals surface area contributed by atoms with E-state index in [1.54, 1.807) is 57.4 Å². The van der Waals surface area contributed by atoms with Crippen LogP contribution in [0.5, 0.6) is 5.75 Å². The van der Waals surface area contributed by atoms with E-state index in [1.807, 2.05) is 0 Å². The summed E-state index contributed by atoms with van der Waals surface area (Å²) >= 11 is 0. The van der Waals surface area contributed by atoms with Crippen molar-refractivity contribution in [2.75, 3.05) is 11.8 Å². The Balaban J connectivity index is 1.88. The highest BCUT2D eigenvalue weighted by atomic mass is 32.2. The van der Waals surface area contributed by atoms with Crippen LogP contribution in [0, 0.1) is 13.8 Å². The second kappa shape index (κ2) is 8.86. The summed E-state index contributed by atoms with van der Waals surface area (Å²) in [5, 5.41) is 3.05. The third kappa shape index (κ3) is 4.90. The number of amides is 1. The lowest BCUT2D eigenvalue weighted by molar-refractivity contribution is 0.0928. The highest BCUT2D eigenvalue weighted by Crippen LogP contribution is 2.28. The van der Waals surface area contributed by atoms with Crippen molar-refractivity contribution in [3.8, 4) is 5.75 Å². The number of carbonyl (C=O) groups excluding carboxylic acids is 1. The van der Waals surface area contributed by atoms with Crippen LogP contribution in [0.15, 0.2) is 41.3 Å². The van der Waals surface area contributed by atoms with Crippen LogP contribution < -0.4 is 14.8 Å². The molecule has 3 rings (SSSR count). The Morgan fingerprint density at radius 1 is 1.03 bits per heavy atom. The van der Waals surface area contributed by atoms with E-state index in [2.05, 4.69) is 10.0 Å². The molecule has 1 aliphatic rings. The fraction of sp³-hybridized carbons (Fsp3) is 0.409. The summed E-state index contributed by atoms with van der Waals surface area (Å²) in [5.41, 5.74) is 1.76. The van der Waals surface area contributed by atoms with Crippen LogP contribution in [-0.4, -0.2) is 27.5 Å². The van der Waals surface area contributed by atoms with E-state index in [0.29, 0.717) is 22.4 Å². The van der Waals surface area contributed by atoms with E-state index in [0.717, 1.165) is 25.7 Å². The lowest BCUT2D eigenvalue weighted by atomic mass is 9.95. The van der Waals surface area contributed by atoms with Crippen molar-refractivity contribution in [1.29, 1.82) is 0 Å². The predicted octanol–water partition coefficient (Wildman–Crippen LogP) is 4.18. The van der Waals surface area contributed by atoms with Gasteiger partial charge in [0, 0.05) is 6.04 Å². The van der Waals surface area contributed by atoms with Gasteiger partial charge in [-0.15, -0.1) is 0 Å². The molecule has 0 aromatic heterocycles. The summed E-state index contributed by atoms with van der Waals surface area (Å²) in [6.07, 6.45) is 5.33. The van der Waals surface area contributed by atoms with Crippen molar-refractivity contribution in [3.05, 3.63) is 53.1 Å². The Labute approximate surface area is 172 Å². The van der Waals surface area contributed by atoms with Gasteiger partial charge in [0.1, 0.15) is 5.75 Å². The minimum absolute atomic E-state index is 0.145. The van der Waals surface area contributed by atoms with Crippen molar-refractivity contribution in [2.24, 2.45) is 0 Å². The number of para-hydroxylation sites is 1. The van der Waals surface area contributed by atoms with E-state index < -0.39 is 10.0 Å². The maximum absolute atomic E-state index is 13.1. The first-order valence-electron chi connectivity index (χ1n) is 9.90. The number of sulfonamides is 1. The van der Waals surface area contributed by atoms with E-state index in [-0.39, 0.29) is 22.5 Å². The average molecular weight is 417 g/mol. The average Bonchev–Trinajstić information content (AvgIpc) is 2.68. The third-order valence-corrected chi connectivity index (χ3v) is 6.96. The Kier molecular flexibility index (Phi) is 6.47. The molecule has 0 saturated heterocycles. The lowest BCUT2D eigenvalue weighted by Crippen LogP contribution is -2.36. The number of carbonyl (C=O) groups is 1. The summed E-state index contributed by atoms with van der Waals surface area (Å²) < 4.78 is 34.1. The second-order valence-electron chi connectivity index (χ2n) is 7.55. The monoisotopic (exact) mass is 416 g/mol. The van der Waals surface area contributed by atoms with Crippen molar-refractivity contribution in [2.45, 2.75) is 56.9 Å². The minimum Gasteiger partial charge on any atom is -0.497 e. The van der Waals surface area contributed by atoms with Crippen LogP contribution in [0.4, 0.5) is 5.69 Å². The number of hydrogen-bond acceptors (Lipinski definition) is 4. The molecule has 0 spiro atoms. The number of methoxy groups -OCH3 is 1. The Morgan fingerprint density at radius 3 is 2.28 bits per heavy atom. The van der Waals surface area contributed by atoms with Crippen LogP contribution >= 0.6 is 0 Å². The molecule has 7 heteroatoms. The number of aryl methyl sites for hydroxylation is 2. The largest absolute Gasteiger partial charge is 0.497 e. The van der Waals surface area contributed by atoms with E-state index >= 15 is 0 Å². The Hall–Kier alpha value is -2.54. The Morgan fingerprint density at radius 2 is 1.66 bits per heavy atom. The van der Waals surface area contributed by atoms with E-state index in [4.69, 9.17) is 4.74 Å². The summed E-state index contributed by atoms with van der Waals surface area (Å²) in [5.74, 6) is 0.351. The zero-order chi connectivity index (χ0) is 21.0. The molecule has 1 saturated carbocycles. The number of hydrogen-bond donors (Lipinski definition) is 2. The molecule has 0 aliphatic heterocycles. The second-order valence-corrected chi connectivity index (χ2v) is 9.17. The summed E-state index contributed by atoms with van der Waals surface area (Å²) in [7, 11) is -2.33. The molecule has 1 aliphatic carbocycles. The van der Waals surface area contributed by atoms with Crippen LogP contribution in [0.25, 0.3) is 0 Å². The molecule has 2 N–H and O–H groups in total. The number of ether oxygens (including phenoxy) is 1. The molecule has 0 heterocycles. The zero-order valence-corrected chi connectivity index (χ0v) is 17.9. The lowest BCUT2D eigenvalue weighted by Gasteiger charge is -2.23. The topological polar surface area (TPSA) is 84.5 Å².